The zero-order valence-corrected chi connectivity index (χ0v) is 11.0. The highest BCUT2D eigenvalue weighted by atomic mass is 19.4. The second-order valence-corrected chi connectivity index (χ2v) is 4.80. The number of nitrogens with one attached hydrogen (secondary N) is 1. The molecular formula is C14H20F3N. The van der Waals surface area contributed by atoms with Gasteiger partial charge in [-0.05, 0) is 36.6 Å². The summed E-state index contributed by atoms with van der Waals surface area (Å²) < 4.78 is 38.0. The molecule has 1 atom stereocenters. The average Bonchev–Trinajstić information content (AvgIpc) is 2.28. The van der Waals surface area contributed by atoms with E-state index < -0.39 is 11.7 Å². The van der Waals surface area contributed by atoms with Crippen LogP contribution in [0.2, 0.25) is 0 Å². The predicted molar refractivity (Wildman–Crippen MR) is 67.3 cm³/mol. The zero-order chi connectivity index (χ0) is 13.8. The highest BCUT2D eigenvalue weighted by Gasteiger charge is 2.31. The Morgan fingerprint density at radius 2 is 1.89 bits per heavy atom. The summed E-state index contributed by atoms with van der Waals surface area (Å²) in [6.07, 6.45) is -3.32. The first-order valence-corrected chi connectivity index (χ1v) is 6.26. The van der Waals surface area contributed by atoms with Crippen LogP contribution in [0.1, 0.15) is 44.4 Å². The molecule has 0 amide bonds. The molecule has 0 aromatic heterocycles. The third-order valence-corrected chi connectivity index (χ3v) is 2.85. The van der Waals surface area contributed by atoms with Crippen LogP contribution >= 0.6 is 0 Å². The van der Waals surface area contributed by atoms with Gasteiger partial charge in [-0.15, -0.1) is 0 Å². The molecule has 1 nitrogen and oxygen atoms in total. The molecule has 1 aromatic rings. The molecule has 0 saturated heterocycles. The van der Waals surface area contributed by atoms with Crippen LogP contribution in [0.4, 0.5) is 13.2 Å². The normalized spacial score (nSPS) is 13.9. The van der Waals surface area contributed by atoms with Gasteiger partial charge in [0.1, 0.15) is 0 Å². The lowest BCUT2D eigenvalue weighted by molar-refractivity contribution is -0.137. The van der Waals surface area contributed by atoms with Crippen LogP contribution in [0.5, 0.6) is 0 Å². The zero-order valence-electron chi connectivity index (χ0n) is 11.0. The first-order chi connectivity index (χ1) is 8.36. The molecule has 1 aromatic carbocycles. The average molecular weight is 259 g/mol. The quantitative estimate of drug-likeness (QED) is 0.826. The van der Waals surface area contributed by atoms with Crippen molar-refractivity contribution in [2.24, 2.45) is 5.92 Å². The third-order valence-electron chi connectivity index (χ3n) is 2.85. The van der Waals surface area contributed by atoms with Crippen molar-refractivity contribution >= 4 is 0 Å². The van der Waals surface area contributed by atoms with Gasteiger partial charge >= 0.3 is 6.18 Å². The second-order valence-electron chi connectivity index (χ2n) is 4.80. The van der Waals surface area contributed by atoms with Gasteiger partial charge in [0, 0.05) is 6.04 Å². The Hall–Kier alpha value is -1.03. The highest BCUT2D eigenvalue weighted by molar-refractivity contribution is 5.28. The maximum Gasteiger partial charge on any atom is 0.416 e. The fourth-order valence-electron chi connectivity index (χ4n) is 1.95. The van der Waals surface area contributed by atoms with Crippen LogP contribution in [-0.2, 0) is 6.18 Å². The summed E-state index contributed by atoms with van der Waals surface area (Å²) in [5.74, 6) is 0.250. The standard InChI is InChI=1S/C14H20F3N/c1-4-8-18-13(10(2)3)11-6-5-7-12(9-11)14(15,16)17/h5-7,9-10,13,18H,4,8H2,1-3H3. The Kier molecular flexibility index (Phi) is 5.20. The van der Waals surface area contributed by atoms with Gasteiger partial charge in [0.05, 0.1) is 5.56 Å². The van der Waals surface area contributed by atoms with E-state index >= 15 is 0 Å². The van der Waals surface area contributed by atoms with Crippen LogP contribution in [-0.4, -0.2) is 6.54 Å². The first-order valence-electron chi connectivity index (χ1n) is 6.26. The maximum atomic E-state index is 12.7. The summed E-state index contributed by atoms with van der Waals surface area (Å²) >= 11 is 0. The summed E-state index contributed by atoms with van der Waals surface area (Å²) in [6, 6.07) is 5.55. The Labute approximate surface area is 106 Å². The van der Waals surface area contributed by atoms with Gasteiger partial charge in [-0.25, -0.2) is 0 Å². The van der Waals surface area contributed by atoms with E-state index in [9.17, 15) is 13.2 Å². The molecule has 4 heteroatoms. The first kappa shape index (κ1) is 15.0. The van der Waals surface area contributed by atoms with Gasteiger partial charge in [0.15, 0.2) is 0 Å². The smallest absolute Gasteiger partial charge is 0.310 e. The number of hydrogen-bond donors (Lipinski definition) is 1. The summed E-state index contributed by atoms with van der Waals surface area (Å²) in [7, 11) is 0. The van der Waals surface area contributed by atoms with Gasteiger partial charge in [0.25, 0.3) is 0 Å². The fraction of sp³-hybridized carbons (Fsp3) is 0.571. The molecular weight excluding hydrogens is 239 g/mol. The molecule has 0 spiro atoms. The van der Waals surface area contributed by atoms with Crippen LogP contribution in [0, 0.1) is 5.92 Å². The van der Waals surface area contributed by atoms with Gasteiger partial charge in [0.2, 0.25) is 0 Å². The van der Waals surface area contributed by atoms with Crippen LogP contribution in [0.15, 0.2) is 24.3 Å². The molecule has 0 fully saturated rings. The van der Waals surface area contributed by atoms with Crippen molar-refractivity contribution in [3.63, 3.8) is 0 Å². The van der Waals surface area contributed by atoms with Crippen molar-refractivity contribution in [2.45, 2.75) is 39.4 Å². The topological polar surface area (TPSA) is 12.0 Å². The maximum absolute atomic E-state index is 12.7. The van der Waals surface area contributed by atoms with Crippen LogP contribution in [0.25, 0.3) is 0 Å². The van der Waals surface area contributed by atoms with Crippen LogP contribution in [0.3, 0.4) is 0 Å². The van der Waals surface area contributed by atoms with E-state index in [0.29, 0.717) is 5.56 Å². The molecule has 0 heterocycles. The number of rotatable bonds is 5. The Morgan fingerprint density at radius 1 is 1.22 bits per heavy atom. The lowest BCUT2D eigenvalue weighted by atomic mass is 9.94. The molecule has 0 aliphatic heterocycles. The molecule has 0 radical (unpaired) electrons. The minimum Gasteiger partial charge on any atom is -0.310 e. The second kappa shape index (κ2) is 6.23. The van der Waals surface area contributed by atoms with Gasteiger partial charge in [-0.3, -0.25) is 0 Å². The van der Waals surface area contributed by atoms with Gasteiger partial charge in [-0.1, -0.05) is 32.9 Å². The Morgan fingerprint density at radius 3 is 2.39 bits per heavy atom. The van der Waals surface area contributed by atoms with Gasteiger partial charge in [-0.2, -0.15) is 13.2 Å². The summed E-state index contributed by atoms with van der Waals surface area (Å²) in [5, 5.41) is 3.30. The summed E-state index contributed by atoms with van der Waals surface area (Å²) in [6.45, 7) is 6.86. The molecule has 0 aliphatic rings. The summed E-state index contributed by atoms with van der Waals surface area (Å²) in [5.41, 5.74) is 0.122. The Bertz CT molecular complexity index is 372. The van der Waals surface area contributed by atoms with Gasteiger partial charge < -0.3 is 5.32 Å². The molecule has 1 rings (SSSR count). The molecule has 1 N–H and O–H groups in total. The van der Waals surface area contributed by atoms with E-state index in [2.05, 4.69) is 5.32 Å². The van der Waals surface area contributed by atoms with Crippen molar-refractivity contribution < 1.29 is 13.2 Å². The van der Waals surface area contributed by atoms with E-state index in [1.54, 1.807) is 6.07 Å². The SMILES string of the molecule is CCCNC(c1cccc(C(F)(F)F)c1)C(C)C. The van der Waals surface area contributed by atoms with Crippen molar-refractivity contribution in [1.29, 1.82) is 0 Å². The van der Waals surface area contributed by atoms with E-state index in [4.69, 9.17) is 0 Å². The number of hydrogen-bond acceptors (Lipinski definition) is 1. The van der Waals surface area contributed by atoms with E-state index in [0.717, 1.165) is 19.0 Å². The van der Waals surface area contributed by atoms with Crippen molar-refractivity contribution in [1.82, 2.24) is 5.32 Å². The van der Waals surface area contributed by atoms with Crippen LogP contribution < -0.4 is 5.32 Å². The van der Waals surface area contributed by atoms with E-state index in [1.165, 1.54) is 12.1 Å². The number of halogens is 3. The Balaban J connectivity index is 2.98. The molecule has 18 heavy (non-hydrogen) atoms. The van der Waals surface area contributed by atoms with E-state index in [1.807, 2.05) is 20.8 Å². The van der Waals surface area contributed by atoms with E-state index in [-0.39, 0.29) is 12.0 Å². The predicted octanol–water partition coefficient (Wildman–Crippen LogP) is 4.40. The molecule has 1 unspecified atom stereocenters. The third kappa shape index (κ3) is 4.02. The monoisotopic (exact) mass is 259 g/mol. The summed E-state index contributed by atoms with van der Waals surface area (Å²) in [4.78, 5) is 0. The molecule has 0 saturated carbocycles. The van der Waals surface area contributed by atoms with Crippen molar-refractivity contribution in [3.8, 4) is 0 Å². The lowest BCUT2D eigenvalue weighted by Gasteiger charge is -2.23. The highest BCUT2D eigenvalue weighted by Crippen LogP contribution is 2.32. The minimum absolute atomic E-state index is 0.0350. The lowest BCUT2D eigenvalue weighted by Crippen LogP contribution is -2.26. The fourth-order valence-corrected chi connectivity index (χ4v) is 1.95. The largest absolute Gasteiger partial charge is 0.416 e. The van der Waals surface area contributed by atoms with Crippen molar-refractivity contribution in [2.75, 3.05) is 6.54 Å². The molecule has 0 bridgehead atoms. The number of alkyl halides is 3. The van der Waals surface area contributed by atoms with Crippen molar-refractivity contribution in [3.05, 3.63) is 35.4 Å². The minimum atomic E-state index is -4.28. The molecule has 102 valence electrons. The molecule has 0 aliphatic carbocycles. The number of benzene rings is 1.